The molecule has 0 saturated carbocycles. The molecule has 0 aromatic rings. The summed E-state index contributed by atoms with van der Waals surface area (Å²) in [6.07, 6.45) is 20.4. The lowest BCUT2D eigenvalue weighted by Crippen LogP contribution is -2.31. The first-order valence-corrected chi connectivity index (χ1v) is 11.1. The highest BCUT2D eigenvalue weighted by molar-refractivity contribution is 5.75. The van der Waals surface area contributed by atoms with Crippen molar-refractivity contribution in [2.45, 2.75) is 111 Å². The van der Waals surface area contributed by atoms with Crippen molar-refractivity contribution in [1.82, 2.24) is 0 Å². The van der Waals surface area contributed by atoms with Crippen LogP contribution in [0.5, 0.6) is 0 Å². The lowest BCUT2D eigenvalue weighted by molar-refractivity contribution is -0.178. The van der Waals surface area contributed by atoms with Crippen LogP contribution < -0.4 is 0 Å². The minimum Gasteiger partial charge on any atom is -0.433 e. The summed E-state index contributed by atoms with van der Waals surface area (Å²) in [7, 11) is 0. The maximum absolute atomic E-state index is 12.2. The Kier molecular flexibility index (Phi) is 13.5. The Bertz CT molecular complexity index is 397. The minimum absolute atomic E-state index is 0.185. The smallest absolute Gasteiger partial charge is 0.313 e. The topological polar surface area (TPSA) is 44.8 Å². The number of hydrogen-bond acceptors (Lipinski definition) is 4. The van der Waals surface area contributed by atoms with E-state index in [0.717, 1.165) is 12.8 Å². The summed E-state index contributed by atoms with van der Waals surface area (Å²) < 4.78 is 15.6. The maximum Gasteiger partial charge on any atom is 0.313 e. The van der Waals surface area contributed by atoms with Gasteiger partial charge in [0.05, 0.1) is 5.41 Å². The first kappa shape index (κ1) is 24.2. The maximum atomic E-state index is 12.2. The van der Waals surface area contributed by atoms with E-state index in [9.17, 15) is 4.79 Å². The van der Waals surface area contributed by atoms with Crippen molar-refractivity contribution in [3.05, 3.63) is 12.2 Å². The number of carbonyl (C=O) groups is 1. The summed E-state index contributed by atoms with van der Waals surface area (Å²) in [6, 6.07) is 0. The Labute approximate surface area is 167 Å². The van der Waals surface area contributed by atoms with Crippen LogP contribution in [0.2, 0.25) is 0 Å². The van der Waals surface area contributed by atoms with Crippen LogP contribution >= 0.6 is 0 Å². The van der Waals surface area contributed by atoms with Gasteiger partial charge in [0.15, 0.2) is 6.79 Å². The normalized spacial score (nSPS) is 17.7. The lowest BCUT2D eigenvalue weighted by atomic mass is 9.87. The van der Waals surface area contributed by atoms with E-state index in [-0.39, 0.29) is 12.8 Å². The molecule has 0 N–H and O–H groups in total. The summed E-state index contributed by atoms with van der Waals surface area (Å²) >= 11 is 0. The minimum atomic E-state index is -0.528. The van der Waals surface area contributed by atoms with Gasteiger partial charge in [-0.15, -0.1) is 0 Å². The molecule has 1 rings (SSSR count). The standard InChI is InChI=1S/C23H42O4/c1-4-5-6-7-8-9-10-11-12-13-14-15-16-17-18-23(2,3)22(24)27-21-19-25-20-26-21/h11-12,21H,4-10,13-20H2,1-3H3. The van der Waals surface area contributed by atoms with Gasteiger partial charge in [0.25, 0.3) is 0 Å². The van der Waals surface area contributed by atoms with E-state index in [1.54, 1.807) is 0 Å². The molecule has 0 aliphatic carbocycles. The number of esters is 1. The van der Waals surface area contributed by atoms with Gasteiger partial charge >= 0.3 is 5.97 Å². The van der Waals surface area contributed by atoms with Gasteiger partial charge in [-0.05, 0) is 46.0 Å². The summed E-state index contributed by atoms with van der Waals surface area (Å²) in [5.74, 6) is -0.185. The van der Waals surface area contributed by atoms with Gasteiger partial charge in [-0.3, -0.25) is 4.79 Å². The van der Waals surface area contributed by atoms with Crippen molar-refractivity contribution < 1.29 is 19.0 Å². The van der Waals surface area contributed by atoms with Gasteiger partial charge in [0.1, 0.15) is 6.61 Å². The molecule has 1 atom stereocenters. The Morgan fingerprint density at radius 3 is 2.15 bits per heavy atom. The molecule has 4 nitrogen and oxygen atoms in total. The Morgan fingerprint density at radius 2 is 1.56 bits per heavy atom. The molecule has 0 radical (unpaired) electrons. The second kappa shape index (κ2) is 15.1. The lowest BCUT2D eigenvalue weighted by Gasteiger charge is -2.23. The molecule has 0 amide bonds. The third kappa shape index (κ3) is 12.2. The monoisotopic (exact) mass is 382 g/mol. The second-order valence-electron chi connectivity index (χ2n) is 8.35. The number of ether oxygens (including phenoxy) is 3. The van der Waals surface area contributed by atoms with Crippen molar-refractivity contribution in [1.29, 1.82) is 0 Å². The fourth-order valence-corrected chi connectivity index (χ4v) is 3.23. The van der Waals surface area contributed by atoms with E-state index in [1.807, 2.05) is 13.8 Å². The highest BCUT2D eigenvalue weighted by Gasteiger charge is 2.32. The van der Waals surface area contributed by atoms with Gasteiger partial charge < -0.3 is 14.2 Å². The van der Waals surface area contributed by atoms with Crippen LogP contribution in [0.4, 0.5) is 0 Å². The molecule has 1 aliphatic heterocycles. The van der Waals surface area contributed by atoms with Crippen LogP contribution in [0.1, 0.15) is 104 Å². The average molecular weight is 383 g/mol. The summed E-state index contributed by atoms with van der Waals surface area (Å²) in [6.45, 7) is 6.73. The van der Waals surface area contributed by atoms with E-state index in [2.05, 4.69) is 19.1 Å². The zero-order valence-electron chi connectivity index (χ0n) is 18.0. The molecule has 1 fully saturated rings. The van der Waals surface area contributed by atoms with Crippen molar-refractivity contribution in [3.63, 3.8) is 0 Å². The highest BCUT2D eigenvalue weighted by Crippen LogP contribution is 2.27. The quantitative estimate of drug-likeness (QED) is 0.173. The molecule has 1 heterocycles. The fraction of sp³-hybridized carbons (Fsp3) is 0.870. The Balaban J connectivity index is 1.93. The molecule has 0 bridgehead atoms. The van der Waals surface area contributed by atoms with Crippen molar-refractivity contribution in [2.24, 2.45) is 5.41 Å². The molecule has 0 aromatic carbocycles. The van der Waals surface area contributed by atoms with Gasteiger partial charge in [0, 0.05) is 0 Å². The van der Waals surface area contributed by atoms with Crippen LogP contribution in [-0.4, -0.2) is 25.7 Å². The van der Waals surface area contributed by atoms with Crippen LogP contribution in [0.15, 0.2) is 12.2 Å². The SMILES string of the molecule is CCCCCCCCC=CCCCCCCC(C)(C)C(=O)OC1COCO1. The van der Waals surface area contributed by atoms with Gasteiger partial charge in [-0.25, -0.2) is 0 Å². The van der Waals surface area contributed by atoms with Crippen molar-refractivity contribution in [3.8, 4) is 0 Å². The average Bonchev–Trinajstić information content (AvgIpc) is 3.15. The first-order chi connectivity index (χ1) is 13.1. The Morgan fingerprint density at radius 1 is 0.963 bits per heavy atom. The van der Waals surface area contributed by atoms with E-state index < -0.39 is 11.7 Å². The molecule has 158 valence electrons. The van der Waals surface area contributed by atoms with E-state index >= 15 is 0 Å². The first-order valence-electron chi connectivity index (χ1n) is 11.1. The molecule has 1 aliphatic rings. The number of allylic oxidation sites excluding steroid dienone is 2. The van der Waals surface area contributed by atoms with E-state index in [4.69, 9.17) is 14.2 Å². The predicted molar refractivity (Wildman–Crippen MR) is 110 cm³/mol. The van der Waals surface area contributed by atoms with Crippen LogP contribution in [0, 0.1) is 5.41 Å². The number of unbranched alkanes of at least 4 members (excludes halogenated alkanes) is 10. The van der Waals surface area contributed by atoms with Crippen LogP contribution in [-0.2, 0) is 19.0 Å². The molecular formula is C23H42O4. The third-order valence-corrected chi connectivity index (χ3v) is 5.20. The highest BCUT2D eigenvalue weighted by atomic mass is 16.8. The fourth-order valence-electron chi connectivity index (χ4n) is 3.23. The van der Waals surface area contributed by atoms with E-state index in [1.165, 1.54) is 70.6 Å². The molecule has 1 unspecified atom stereocenters. The zero-order chi connectivity index (χ0) is 19.8. The number of hydrogen-bond donors (Lipinski definition) is 0. The number of carbonyl (C=O) groups excluding carboxylic acids is 1. The predicted octanol–water partition coefficient (Wildman–Crippen LogP) is 6.53. The van der Waals surface area contributed by atoms with Gasteiger partial charge in [-0.2, -0.15) is 0 Å². The largest absolute Gasteiger partial charge is 0.433 e. The van der Waals surface area contributed by atoms with Crippen molar-refractivity contribution >= 4 is 5.97 Å². The van der Waals surface area contributed by atoms with Crippen molar-refractivity contribution in [2.75, 3.05) is 13.4 Å². The molecular weight excluding hydrogens is 340 g/mol. The van der Waals surface area contributed by atoms with Crippen LogP contribution in [0.3, 0.4) is 0 Å². The van der Waals surface area contributed by atoms with Crippen LogP contribution in [0.25, 0.3) is 0 Å². The van der Waals surface area contributed by atoms with Gasteiger partial charge in [0.2, 0.25) is 6.29 Å². The second-order valence-corrected chi connectivity index (χ2v) is 8.35. The third-order valence-electron chi connectivity index (χ3n) is 5.20. The van der Waals surface area contributed by atoms with Gasteiger partial charge in [-0.1, -0.05) is 70.4 Å². The molecule has 4 heteroatoms. The molecule has 0 spiro atoms. The molecule has 27 heavy (non-hydrogen) atoms. The molecule has 1 saturated heterocycles. The molecule has 0 aromatic heterocycles. The summed E-state index contributed by atoms with van der Waals surface area (Å²) in [4.78, 5) is 12.2. The summed E-state index contributed by atoms with van der Waals surface area (Å²) in [5, 5.41) is 0. The summed E-state index contributed by atoms with van der Waals surface area (Å²) in [5.41, 5.74) is -0.455. The number of rotatable bonds is 16. The van der Waals surface area contributed by atoms with E-state index in [0.29, 0.717) is 6.61 Å². The Hall–Kier alpha value is -0.870. The zero-order valence-corrected chi connectivity index (χ0v) is 18.0.